The summed E-state index contributed by atoms with van der Waals surface area (Å²) in [7, 11) is 0. The Morgan fingerprint density at radius 1 is 1.30 bits per heavy atom. The van der Waals surface area contributed by atoms with Gasteiger partial charge < -0.3 is 9.72 Å². The fourth-order valence-corrected chi connectivity index (χ4v) is 4.67. The lowest BCUT2D eigenvalue weighted by atomic mass is 10.1. The molecule has 0 bridgehead atoms. The molecule has 1 N–H and O–H groups in total. The second-order valence-corrected chi connectivity index (χ2v) is 7.50. The summed E-state index contributed by atoms with van der Waals surface area (Å²) in [5, 5.41) is 0.829. The van der Waals surface area contributed by atoms with E-state index in [-0.39, 0.29) is 5.56 Å². The molecule has 1 aliphatic heterocycles. The van der Waals surface area contributed by atoms with Crippen molar-refractivity contribution in [3.63, 3.8) is 0 Å². The minimum Gasteiger partial charge on any atom is -0.379 e. The van der Waals surface area contributed by atoms with Crippen molar-refractivity contribution in [1.29, 1.82) is 0 Å². The van der Waals surface area contributed by atoms with Crippen LogP contribution in [0.25, 0.3) is 10.2 Å². The monoisotopic (exact) mass is 353 g/mol. The first kappa shape index (κ1) is 16.8. The van der Waals surface area contributed by atoms with Crippen molar-refractivity contribution in [3.8, 4) is 0 Å². The summed E-state index contributed by atoms with van der Waals surface area (Å²) in [6.07, 6.45) is 1.80. The minimum absolute atomic E-state index is 0.0620. The number of ether oxygens (including phenoxy) is 1. The van der Waals surface area contributed by atoms with Crippen LogP contribution in [0, 0.1) is 11.7 Å². The molecule has 3 rings (SSSR count). The van der Waals surface area contributed by atoms with E-state index in [0.29, 0.717) is 11.3 Å². The Balaban J connectivity index is 1.82. The van der Waals surface area contributed by atoms with Gasteiger partial charge in [-0.1, -0.05) is 6.92 Å². The summed E-state index contributed by atoms with van der Waals surface area (Å²) in [6.45, 7) is 9.38. The predicted octanol–water partition coefficient (Wildman–Crippen LogP) is 2.71. The van der Waals surface area contributed by atoms with Crippen LogP contribution in [0.5, 0.6) is 0 Å². The predicted molar refractivity (Wildman–Crippen MR) is 97.3 cm³/mol. The van der Waals surface area contributed by atoms with Crippen LogP contribution in [-0.2, 0) is 17.7 Å². The lowest BCUT2D eigenvalue weighted by Crippen LogP contribution is -2.37. The third kappa shape index (κ3) is 3.42. The SMILES string of the molecule is CCc1c(C)sc2[nH]c(=S)n(CCCN3CCOCC3)c(=O)c12. The average Bonchev–Trinajstić information content (AvgIpc) is 2.86. The van der Waals surface area contributed by atoms with E-state index >= 15 is 0 Å². The van der Waals surface area contributed by atoms with Gasteiger partial charge in [-0.2, -0.15) is 0 Å². The van der Waals surface area contributed by atoms with E-state index in [9.17, 15) is 4.79 Å². The van der Waals surface area contributed by atoms with Crippen LogP contribution in [0.4, 0.5) is 0 Å². The molecule has 0 saturated carbocycles. The molecule has 7 heteroatoms. The molecule has 23 heavy (non-hydrogen) atoms. The minimum atomic E-state index is 0.0620. The number of fused-ring (bicyclic) bond motifs is 1. The van der Waals surface area contributed by atoms with Crippen molar-refractivity contribution in [1.82, 2.24) is 14.5 Å². The van der Waals surface area contributed by atoms with Crippen molar-refractivity contribution in [2.45, 2.75) is 33.2 Å². The molecule has 0 amide bonds. The quantitative estimate of drug-likeness (QED) is 0.840. The number of morpholine rings is 1. The Morgan fingerprint density at radius 3 is 2.74 bits per heavy atom. The standard InChI is InChI=1S/C16H23N3O2S2/c1-3-12-11(2)23-14-13(12)15(20)19(16(22)17-14)6-4-5-18-7-9-21-10-8-18/h3-10H2,1-2H3,(H,17,22). The van der Waals surface area contributed by atoms with Gasteiger partial charge in [-0.25, -0.2) is 0 Å². The Morgan fingerprint density at radius 2 is 2.04 bits per heavy atom. The van der Waals surface area contributed by atoms with Gasteiger partial charge in [0.2, 0.25) is 0 Å². The van der Waals surface area contributed by atoms with Crippen molar-refractivity contribution in [3.05, 3.63) is 25.6 Å². The molecule has 0 atom stereocenters. The lowest BCUT2D eigenvalue weighted by Gasteiger charge is -2.26. The number of rotatable bonds is 5. The van der Waals surface area contributed by atoms with Crippen LogP contribution in [0.3, 0.4) is 0 Å². The van der Waals surface area contributed by atoms with Gasteiger partial charge >= 0.3 is 0 Å². The number of nitrogens with zero attached hydrogens (tertiary/aromatic N) is 2. The third-order valence-electron chi connectivity index (χ3n) is 4.45. The van der Waals surface area contributed by atoms with Gasteiger partial charge in [0.1, 0.15) is 4.83 Å². The molecule has 5 nitrogen and oxygen atoms in total. The van der Waals surface area contributed by atoms with E-state index in [1.54, 1.807) is 15.9 Å². The number of thiophene rings is 1. The smallest absolute Gasteiger partial charge is 0.263 e. The Labute approximate surface area is 144 Å². The Bertz CT molecular complexity index is 800. The van der Waals surface area contributed by atoms with Gasteiger partial charge in [0.05, 0.1) is 18.6 Å². The molecule has 0 aliphatic carbocycles. The topological polar surface area (TPSA) is 50.3 Å². The molecule has 126 valence electrons. The number of H-pyrrole nitrogens is 1. The molecule has 1 fully saturated rings. The van der Waals surface area contributed by atoms with Gasteiger partial charge in [-0.3, -0.25) is 14.3 Å². The van der Waals surface area contributed by atoms with Gasteiger partial charge in [-0.15, -0.1) is 11.3 Å². The van der Waals surface area contributed by atoms with E-state index in [1.807, 2.05) is 0 Å². The van der Waals surface area contributed by atoms with Gasteiger partial charge in [0, 0.05) is 31.1 Å². The van der Waals surface area contributed by atoms with Crippen LogP contribution in [0.2, 0.25) is 0 Å². The van der Waals surface area contributed by atoms with Crippen LogP contribution in [0.1, 0.15) is 23.8 Å². The zero-order chi connectivity index (χ0) is 16.4. The van der Waals surface area contributed by atoms with Crippen molar-refractivity contribution >= 4 is 33.8 Å². The first-order chi connectivity index (χ1) is 11.1. The average molecular weight is 354 g/mol. The highest BCUT2D eigenvalue weighted by atomic mass is 32.1. The van der Waals surface area contributed by atoms with E-state index in [0.717, 1.165) is 61.5 Å². The number of hydrogen-bond donors (Lipinski definition) is 1. The maximum Gasteiger partial charge on any atom is 0.263 e. The fraction of sp³-hybridized carbons (Fsp3) is 0.625. The molecule has 0 aromatic carbocycles. The molecular formula is C16H23N3O2S2. The molecular weight excluding hydrogens is 330 g/mol. The molecule has 0 unspecified atom stereocenters. The number of nitrogens with one attached hydrogen (secondary N) is 1. The zero-order valence-corrected chi connectivity index (χ0v) is 15.3. The summed E-state index contributed by atoms with van der Waals surface area (Å²) in [6, 6.07) is 0. The summed E-state index contributed by atoms with van der Waals surface area (Å²) < 4.78 is 7.62. The highest BCUT2D eigenvalue weighted by molar-refractivity contribution is 7.71. The maximum atomic E-state index is 12.9. The Kier molecular flexibility index (Phi) is 5.31. The number of hydrogen-bond acceptors (Lipinski definition) is 5. The first-order valence-electron chi connectivity index (χ1n) is 8.17. The molecule has 0 radical (unpaired) electrons. The van der Waals surface area contributed by atoms with Gasteiger partial charge in [0.15, 0.2) is 4.77 Å². The van der Waals surface area contributed by atoms with E-state index in [1.165, 1.54) is 4.88 Å². The van der Waals surface area contributed by atoms with E-state index in [2.05, 4.69) is 23.7 Å². The number of aromatic amines is 1. The molecule has 0 spiro atoms. The molecule has 3 heterocycles. The van der Waals surface area contributed by atoms with Crippen LogP contribution >= 0.6 is 23.6 Å². The molecule has 1 saturated heterocycles. The number of aromatic nitrogens is 2. The van der Waals surface area contributed by atoms with Crippen LogP contribution in [0.15, 0.2) is 4.79 Å². The van der Waals surface area contributed by atoms with Crippen molar-refractivity contribution in [2.75, 3.05) is 32.8 Å². The summed E-state index contributed by atoms with van der Waals surface area (Å²) in [4.78, 5) is 20.6. The molecule has 2 aromatic heterocycles. The molecule has 2 aromatic rings. The number of aryl methyl sites for hydroxylation is 2. The maximum absolute atomic E-state index is 12.9. The highest BCUT2D eigenvalue weighted by Crippen LogP contribution is 2.27. The van der Waals surface area contributed by atoms with Crippen LogP contribution in [-0.4, -0.2) is 47.3 Å². The van der Waals surface area contributed by atoms with E-state index < -0.39 is 0 Å². The van der Waals surface area contributed by atoms with Crippen molar-refractivity contribution in [2.24, 2.45) is 0 Å². The van der Waals surface area contributed by atoms with Crippen molar-refractivity contribution < 1.29 is 4.74 Å². The van der Waals surface area contributed by atoms with Crippen LogP contribution < -0.4 is 5.56 Å². The highest BCUT2D eigenvalue weighted by Gasteiger charge is 2.15. The lowest BCUT2D eigenvalue weighted by molar-refractivity contribution is 0.0369. The second kappa shape index (κ2) is 7.25. The summed E-state index contributed by atoms with van der Waals surface area (Å²) >= 11 is 7.04. The summed E-state index contributed by atoms with van der Waals surface area (Å²) in [5.74, 6) is 0. The molecule has 1 aliphatic rings. The van der Waals surface area contributed by atoms with E-state index in [4.69, 9.17) is 17.0 Å². The third-order valence-corrected chi connectivity index (χ3v) is 5.83. The zero-order valence-electron chi connectivity index (χ0n) is 13.7. The largest absolute Gasteiger partial charge is 0.379 e. The second-order valence-electron chi connectivity index (χ2n) is 5.89. The van der Waals surface area contributed by atoms with Gasteiger partial charge in [0.25, 0.3) is 5.56 Å². The normalized spacial score (nSPS) is 16.3. The Hall–Kier alpha value is -1.02. The first-order valence-corrected chi connectivity index (χ1v) is 9.39. The van der Waals surface area contributed by atoms with Gasteiger partial charge in [-0.05, 0) is 37.5 Å². The summed E-state index contributed by atoms with van der Waals surface area (Å²) in [5.41, 5.74) is 1.22. The fourth-order valence-electron chi connectivity index (χ4n) is 3.19.